The van der Waals surface area contributed by atoms with E-state index in [-0.39, 0.29) is 34.4 Å². The molecular formula is C27H17CrFN2O7. The molecule has 3 amide bonds. The number of ether oxygens (including phenoxy) is 1. The third-order valence-electron chi connectivity index (χ3n) is 5.75. The van der Waals surface area contributed by atoms with Crippen molar-refractivity contribution in [2.75, 3.05) is 12.0 Å². The molecule has 190 valence electrons. The molecule has 2 aliphatic heterocycles. The summed E-state index contributed by atoms with van der Waals surface area (Å²) in [6, 6.07) is 11.2. The summed E-state index contributed by atoms with van der Waals surface area (Å²) in [7, 11) is 1.53. The number of imide groups is 1. The van der Waals surface area contributed by atoms with Crippen molar-refractivity contribution in [2.45, 2.75) is 12.1 Å². The number of fused-ring (bicyclic) bond motifs is 1. The molecule has 6 radical (unpaired) electrons. The van der Waals surface area contributed by atoms with Crippen LogP contribution in [0.4, 0.5) is 10.1 Å². The van der Waals surface area contributed by atoms with Crippen LogP contribution in [0.25, 0.3) is 0 Å². The van der Waals surface area contributed by atoms with Gasteiger partial charge in [-0.25, -0.2) is 4.39 Å². The summed E-state index contributed by atoms with van der Waals surface area (Å²) in [5.74, 6) is -0.701. The number of hydrogen-bond donors (Lipinski definition) is 0. The number of hydrogen-bond acceptors (Lipinski definition) is 4. The number of nitrogens with zero attached hydrogens (tertiary/aromatic N) is 2. The summed E-state index contributed by atoms with van der Waals surface area (Å²) in [4.78, 5) is 41.6. The van der Waals surface area contributed by atoms with Crippen molar-refractivity contribution < 1.29 is 54.8 Å². The van der Waals surface area contributed by atoms with Gasteiger partial charge in [0.15, 0.2) is 6.17 Å². The van der Waals surface area contributed by atoms with Crippen molar-refractivity contribution in [3.63, 3.8) is 0 Å². The summed E-state index contributed by atoms with van der Waals surface area (Å²) in [6.45, 7) is 13.5. The number of benzene rings is 2. The van der Waals surface area contributed by atoms with Gasteiger partial charge in [0.25, 0.3) is 17.7 Å². The maximum absolute atomic E-state index is 14.8. The number of methoxy groups -OCH3 is 1. The Morgan fingerprint density at radius 2 is 1.26 bits per heavy atom. The predicted octanol–water partition coefficient (Wildman–Crippen LogP) is 2.87. The number of anilines is 1. The second kappa shape index (κ2) is 15.1. The van der Waals surface area contributed by atoms with Gasteiger partial charge in [0.2, 0.25) is 0 Å². The minimum absolute atomic E-state index is 0. The number of β-lactam (4-membered cyclic amide) rings is 1. The van der Waals surface area contributed by atoms with Crippen molar-refractivity contribution >= 4 is 23.4 Å². The number of carbonyl (C=O) groups is 3. The second-order valence-electron chi connectivity index (χ2n) is 7.34. The number of carbonyl (C=O) groups excluding carboxylic acids is 3. The van der Waals surface area contributed by atoms with Crippen LogP contribution in [0.5, 0.6) is 5.75 Å². The molecule has 1 saturated carbocycles. The van der Waals surface area contributed by atoms with Crippen molar-refractivity contribution in [3.05, 3.63) is 117 Å². The SMILES string of the molecule is COc1ccc(N2C(=O)[C@@H](N3C(=O)c4ccccc4C3=O)[C@H]2[C]2[CH][CH][CH][CH][C]2F)cc1.[C-]#[O+].[C-]#[O+].[C-]#[O+].[Cr]. The van der Waals surface area contributed by atoms with Gasteiger partial charge in [-0.15, -0.1) is 0 Å². The minimum atomic E-state index is -1.13. The van der Waals surface area contributed by atoms with Gasteiger partial charge in [-0.3, -0.25) is 19.3 Å². The zero-order valence-electron chi connectivity index (χ0n) is 19.6. The van der Waals surface area contributed by atoms with E-state index in [4.69, 9.17) is 18.7 Å². The van der Waals surface area contributed by atoms with E-state index in [2.05, 4.69) is 20.0 Å². The predicted molar refractivity (Wildman–Crippen MR) is 122 cm³/mol. The Balaban J connectivity index is 0.000000966. The topological polar surface area (TPSA) is 127 Å². The molecule has 2 atom stereocenters. The molecule has 1 aliphatic carbocycles. The maximum atomic E-state index is 14.8. The Morgan fingerprint density at radius 1 is 0.763 bits per heavy atom. The smallest absolute Gasteiger partial charge is 0 e. The van der Waals surface area contributed by atoms with Crippen molar-refractivity contribution in [1.82, 2.24) is 4.90 Å². The molecule has 3 aliphatic rings. The van der Waals surface area contributed by atoms with Crippen LogP contribution in [-0.2, 0) is 36.1 Å². The molecule has 2 fully saturated rings. The van der Waals surface area contributed by atoms with E-state index in [0.717, 1.165) is 4.90 Å². The normalized spacial score (nSPS) is 20.1. The molecule has 0 spiro atoms. The van der Waals surface area contributed by atoms with Gasteiger partial charge < -0.3 is 9.64 Å². The summed E-state index contributed by atoms with van der Waals surface area (Å²) in [5, 5.41) is 0. The zero-order chi connectivity index (χ0) is 27.7. The number of rotatable bonds is 4. The van der Waals surface area contributed by atoms with Crippen LogP contribution >= 0.6 is 0 Å². The van der Waals surface area contributed by atoms with E-state index < -0.39 is 36.0 Å². The Bertz CT molecular complexity index is 1150. The Hall–Kier alpha value is -3.47. The van der Waals surface area contributed by atoms with E-state index in [1.807, 2.05) is 0 Å². The van der Waals surface area contributed by atoms with Crippen LogP contribution < -0.4 is 9.64 Å². The first-order valence-electron chi connectivity index (χ1n) is 10.3. The quantitative estimate of drug-likeness (QED) is 0.250. The molecule has 9 nitrogen and oxygen atoms in total. The molecular weight excluding hydrogens is 535 g/mol. The Morgan fingerprint density at radius 3 is 1.74 bits per heavy atom. The van der Waals surface area contributed by atoms with Gasteiger partial charge in [-0.05, 0) is 55.7 Å². The first kappa shape index (κ1) is 32.6. The molecule has 11 heteroatoms. The van der Waals surface area contributed by atoms with Crippen LogP contribution in [0, 0.1) is 57.7 Å². The third kappa shape index (κ3) is 5.82. The molecule has 2 aromatic rings. The van der Waals surface area contributed by atoms with Crippen LogP contribution in [0.1, 0.15) is 20.7 Å². The molecule has 0 N–H and O–H groups in total. The van der Waals surface area contributed by atoms with Crippen LogP contribution in [0.2, 0.25) is 0 Å². The Kier molecular flexibility index (Phi) is 12.9. The maximum Gasteiger partial charge on any atom is 0 e. The standard InChI is InChI=1S/C24H17FN2O4.3CO.Cr/c1-31-15-12-10-14(11-13-15)26-20(18-8-4-5-9-19(18)25)21(24(26)30)27-22(28)16-6-2-3-7-17(16)23(27)29;3*1-2;/h2-13,20-21H,1H3;;;;/t20-,21+;;;;/m1..../s1. The van der Waals surface area contributed by atoms with Gasteiger partial charge in [-0.1, -0.05) is 12.1 Å². The average Bonchev–Trinajstić information content (AvgIpc) is 3.21. The summed E-state index contributed by atoms with van der Waals surface area (Å²) in [6.07, 6.45) is 5.55. The fourth-order valence-electron chi connectivity index (χ4n) is 4.24. The summed E-state index contributed by atoms with van der Waals surface area (Å²) >= 11 is 0. The van der Waals surface area contributed by atoms with E-state index in [9.17, 15) is 18.8 Å². The van der Waals surface area contributed by atoms with Gasteiger partial charge in [0.05, 0.1) is 24.3 Å². The molecule has 0 aromatic heterocycles. The largest absolute Gasteiger partial charge is 0 e. The van der Waals surface area contributed by atoms with Crippen molar-refractivity contribution in [2.24, 2.45) is 0 Å². The Labute approximate surface area is 230 Å². The molecule has 1 saturated heterocycles. The monoisotopic (exact) mass is 552 g/mol. The van der Waals surface area contributed by atoms with E-state index in [1.54, 1.807) is 67.8 Å². The van der Waals surface area contributed by atoms with Crippen LogP contribution in [0.15, 0.2) is 48.5 Å². The van der Waals surface area contributed by atoms with E-state index in [0.29, 0.717) is 11.4 Å². The van der Waals surface area contributed by atoms with E-state index >= 15 is 0 Å². The van der Waals surface area contributed by atoms with Crippen molar-refractivity contribution in [1.29, 1.82) is 0 Å². The van der Waals surface area contributed by atoms with Crippen LogP contribution in [0.3, 0.4) is 0 Å². The third-order valence-corrected chi connectivity index (χ3v) is 5.75. The minimum Gasteiger partial charge on any atom is 0 e. The van der Waals surface area contributed by atoms with E-state index in [1.165, 1.54) is 18.4 Å². The fourth-order valence-corrected chi connectivity index (χ4v) is 4.24. The first-order valence-corrected chi connectivity index (χ1v) is 10.3. The average molecular weight is 552 g/mol. The summed E-state index contributed by atoms with van der Waals surface area (Å²) < 4.78 is 42.4. The van der Waals surface area contributed by atoms with Crippen molar-refractivity contribution in [3.8, 4) is 5.75 Å². The van der Waals surface area contributed by atoms with Gasteiger partial charge in [0, 0.05) is 35.4 Å². The fraction of sp³-hybridized carbons (Fsp3) is 0.111. The molecule has 5 rings (SSSR count). The zero-order valence-corrected chi connectivity index (χ0v) is 20.9. The molecule has 38 heavy (non-hydrogen) atoms. The second-order valence-corrected chi connectivity index (χ2v) is 7.34. The number of amides is 3. The van der Waals surface area contributed by atoms with Crippen LogP contribution in [-0.4, -0.2) is 41.8 Å². The number of halogens is 1. The van der Waals surface area contributed by atoms with Gasteiger partial charge >= 0.3 is 33.9 Å². The van der Waals surface area contributed by atoms with Gasteiger partial charge in [-0.2, -0.15) is 0 Å². The summed E-state index contributed by atoms with van der Waals surface area (Å²) in [5.41, 5.74) is 1.01. The van der Waals surface area contributed by atoms with Gasteiger partial charge in [0.1, 0.15) is 11.8 Å². The first-order chi connectivity index (χ1) is 18.0. The molecule has 0 bridgehead atoms. The molecule has 0 unspecified atom stereocenters. The molecule has 2 aromatic carbocycles. The molecule has 2 heterocycles.